The van der Waals surface area contributed by atoms with Gasteiger partial charge in [-0.15, -0.1) is 0 Å². The third-order valence-electron chi connectivity index (χ3n) is 5.62. The minimum atomic E-state index is -3.70. The summed E-state index contributed by atoms with van der Waals surface area (Å²) < 4.78 is 32.0. The fraction of sp³-hybridized carbons (Fsp3) is 0.231. The van der Waals surface area contributed by atoms with Crippen molar-refractivity contribution in [1.29, 1.82) is 0 Å². The fourth-order valence-electron chi connectivity index (χ4n) is 3.72. The molecule has 3 aromatic rings. The molecule has 4 rings (SSSR count). The molecule has 0 unspecified atom stereocenters. The van der Waals surface area contributed by atoms with E-state index in [9.17, 15) is 13.2 Å². The maximum absolute atomic E-state index is 13.4. The highest BCUT2D eigenvalue weighted by Gasteiger charge is 2.24. The van der Waals surface area contributed by atoms with E-state index in [-0.39, 0.29) is 10.8 Å². The van der Waals surface area contributed by atoms with Gasteiger partial charge in [0.15, 0.2) is 0 Å². The maximum Gasteiger partial charge on any atom is 0.257 e. The Labute approximate surface area is 205 Å². The van der Waals surface area contributed by atoms with Crippen LogP contribution in [0.2, 0.25) is 0 Å². The number of ether oxygens (including phenoxy) is 1. The SMILES string of the molecule is CN(C)S(=O)(=O)c1ccc(N2CCOCC2)c(C(=O)Nc2cccc(/C=C/c3ccccn3)c2)c1. The van der Waals surface area contributed by atoms with Gasteiger partial charge in [0.1, 0.15) is 0 Å². The molecule has 1 aromatic heterocycles. The Morgan fingerprint density at radius 2 is 1.83 bits per heavy atom. The summed E-state index contributed by atoms with van der Waals surface area (Å²) in [6, 6.07) is 17.8. The number of rotatable bonds is 7. The summed E-state index contributed by atoms with van der Waals surface area (Å²) in [7, 11) is -0.764. The first kappa shape index (κ1) is 24.6. The number of aromatic nitrogens is 1. The second-order valence-electron chi connectivity index (χ2n) is 8.23. The number of anilines is 2. The molecule has 1 amide bonds. The van der Waals surface area contributed by atoms with Gasteiger partial charge in [0.2, 0.25) is 10.0 Å². The van der Waals surface area contributed by atoms with Crippen molar-refractivity contribution in [2.75, 3.05) is 50.6 Å². The first-order chi connectivity index (χ1) is 16.8. The standard InChI is InChI=1S/C26H28N4O4S/c1-29(2)35(32,33)23-11-12-25(30-14-16-34-17-15-30)24(19-23)26(31)28-22-8-5-6-20(18-22)9-10-21-7-3-4-13-27-21/h3-13,18-19H,14-17H2,1-2H3,(H,28,31)/b10-9+. The van der Waals surface area contributed by atoms with Gasteiger partial charge in [0.05, 0.1) is 29.4 Å². The molecule has 35 heavy (non-hydrogen) atoms. The highest BCUT2D eigenvalue weighted by molar-refractivity contribution is 7.89. The lowest BCUT2D eigenvalue weighted by atomic mass is 10.1. The van der Waals surface area contributed by atoms with Crippen molar-refractivity contribution in [2.24, 2.45) is 0 Å². The molecule has 1 aliphatic heterocycles. The lowest BCUT2D eigenvalue weighted by Gasteiger charge is -2.30. The van der Waals surface area contributed by atoms with E-state index in [4.69, 9.17) is 4.74 Å². The van der Waals surface area contributed by atoms with Crippen LogP contribution in [0.4, 0.5) is 11.4 Å². The smallest absolute Gasteiger partial charge is 0.257 e. The van der Waals surface area contributed by atoms with E-state index in [1.54, 1.807) is 24.4 Å². The molecule has 0 radical (unpaired) electrons. The average Bonchev–Trinajstić information content (AvgIpc) is 2.88. The topological polar surface area (TPSA) is 91.8 Å². The summed E-state index contributed by atoms with van der Waals surface area (Å²) in [4.78, 5) is 19.8. The number of benzene rings is 2. The Morgan fingerprint density at radius 1 is 1.03 bits per heavy atom. The Bertz CT molecular complexity index is 1320. The number of carbonyl (C=O) groups excluding carboxylic acids is 1. The van der Waals surface area contributed by atoms with E-state index in [0.29, 0.717) is 43.2 Å². The molecule has 0 saturated carbocycles. The molecular weight excluding hydrogens is 464 g/mol. The monoisotopic (exact) mass is 492 g/mol. The Morgan fingerprint density at radius 3 is 2.54 bits per heavy atom. The van der Waals surface area contributed by atoms with Gasteiger partial charge >= 0.3 is 0 Å². The highest BCUT2D eigenvalue weighted by Crippen LogP contribution is 2.27. The normalized spacial score (nSPS) is 14.4. The van der Waals surface area contributed by atoms with Crippen LogP contribution in [0.5, 0.6) is 0 Å². The summed E-state index contributed by atoms with van der Waals surface area (Å²) >= 11 is 0. The molecule has 2 heterocycles. The summed E-state index contributed by atoms with van der Waals surface area (Å²) in [6.45, 7) is 2.33. The van der Waals surface area contributed by atoms with Crippen LogP contribution in [-0.2, 0) is 14.8 Å². The van der Waals surface area contributed by atoms with Crippen molar-refractivity contribution in [2.45, 2.75) is 4.90 Å². The van der Waals surface area contributed by atoms with Gasteiger partial charge in [0, 0.05) is 44.8 Å². The minimum Gasteiger partial charge on any atom is -0.378 e. The molecule has 9 heteroatoms. The number of amides is 1. The number of hydrogen-bond acceptors (Lipinski definition) is 6. The first-order valence-corrected chi connectivity index (χ1v) is 12.7. The van der Waals surface area contributed by atoms with Crippen molar-refractivity contribution in [3.8, 4) is 0 Å². The number of pyridine rings is 1. The number of nitrogens with zero attached hydrogens (tertiary/aromatic N) is 3. The molecular formula is C26H28N4O4S. The van der Waals surface area contributed by atoms with E-state index >= 15 is 0 Å². The molecule has 0 bridgehead atoms. The van der Waals surface area contributed by atoms with Gasteiger partial charge in [0.25, 0.3) is 5.91 Å². The van der Waals surface area contributed by atoms with Crippen LogP contribution >= 0.6 is 0 Å². The van der Waals surface area contributed by atoms with E-state index in [1.165, 1.54) is 20.2 Å². The molecule has 1 N–H and O–H groups in total. The van der Waals surface area contributed by atoms with Crippen molar-refractivity contribution in [3.05, 3.63) is 83.7 Å². The van der Waals surface area contributed by atoms with Crippen molar-refractivity contribution in [1.82, 2.24) is 9.29 Å². The number of sulfonamides is 1. The van der Waals surface area contributed by atoms with Crippen molar-refractivity contribution < 1.29 is 17.9 Å². The van der Waals surface area contributed by atoms with Crippen LogP contribution in [0, 0.1) is 0 Å². The fourth-order valence-corrected chi connectivity index (χ4v) is 4.65. The number of carbonyl (C=O) groups is 1. The molecule has 2 aromatic carbocycles. The number of hydrogen-bond donors (Lipinski definition) is 1. The summed E-state index contributed by atoms with van der Waals surface area (Å²) in [6.07, 6.45) is 5.54. The molecule has 0 atom stereocenters. The molecule has 1 saturated heterocycles. The number of morpholine rings is 1. The quantitative estimate of drug-likeness (QED) is 0.542. The Kier molecular flexibility index (Phi) is 7.60. The van der Waals surface area contributed by atoms with E-state index < -0.39 is 10.0 Å². The Balaban J connectivity index is 1.63. The van der Waals surface area contributed by atoms with Crippen LogP contribution in [-0.4, -0.2) is 64.0 Å². The van der Waals surface area contributed by atoms with E-state index in [1.807, 2.05) is 53.5 Å². The molecule has 8 nitrogen and oxygen atoms in total. The molecule has 0 spiro atoms. The van der Waals surface area contributed by atoms with Gasteiger partial charge in [-0.1, -0.05) is 24.3 Å². The lowest BCUT2D eigenvalue weighted by molar-refractivity contribution is 0.102. The van der Waals surface area contributed by atoms with E-state index in [0.717, 1.165) is 15.6 Å². The van der Waals surface area contributed by atoms with Gasteiger partial charge in [-0.3, -0.25) is 9.78 Å². The summed E-state index contributed by atoms with van der Waals surface area (Å²) in [5.41, 5.74) is 3.30. The van der Waals surface area contributed by atoms with Gasteiger partial charge in [-0.2, -0.15) is 0 Å². The molecule has 1 aliphatic rings. The molecule has 182 valence electrons. The minimum absolute atomic E-state index is 0.0664. The predicted molar refractivity (Wildman–Crippen MR) is 138 cm³/mol. The van der Waals surface area contributed by atoms with Gasteiger partial charge < -0.3 is 15.0 Å². The zero-order valence-electron chi connectivity index (χ0n) is 19.7. The third kappa shape index (κ3) is 5.94. The largest absolute Gasteiger partial charge is 0.378 e. The second-order valence-corrected chi connectivity index (χ2v) is 10.4. The van der Waals surface area contributed by atoms with Crippen LogP contribution in [0.1, 0.15) is 21.6 Å². The predicted octanol–water partition coefficient (Wildman–Crippen LogP) is 3.59. The average molecular weight is 493 g/mol. The van der Waals surface area contributed by atoms with Gasteiger partial charge in [-0.05, 0) is 54.1 Å². The van der Waals surface area contributed by atoms with Crippen LogP contribution < -0.4 is 10.2 Å². The Hall–Kier alpha value is -3.53. The summed E-state index contributed by atoms with van der Waals surface area (Å²) in [5, 5.41) is 2.93. The zero-order chi connectivity index (χ0) is 24.8. The van der Waals surface area contributed by atoms with Crippen LogP contribution in [0.15, 0.2) is 71.8 Å². The second kappa shape index (κ2) is 10.8. The maximum atomic E-state index is 13.4. The highest BCUT2D eigenvalue weighted by atomic mass is 32.2. The van der Waals surface area contributed by atoms with Gasteiger partial charge in [-0.25, -0.2) is 12.7 Å². The van der Waals surface area contributed by atoms with Crippen molar-refractivity contribution in [3.63, 3.8) is 0 Å². The number of nitrogens with one attached hydrogen (secondary N) is 1. The zero-order valence-corrected chi connectivity index (χ0v) is 20.5. The molecule has 1 fully saturated rings. The van der Waals surface area contributed by atoms with Crippen LogP contribution in [0.3, 0.4) is 0 Å². The van der Waals surface area contributed by atoms with Crippen molar-refractivity contribution >= 4 is 39.5 Å². The van der Waals surface area contributed by atoms with Crippen LogP contribution in [0.25, 0.3) is 12.2 Å². The summed E-state index contributed by atoms with van der Waals surface area (Å²) in [5.74, 6) is -0.381. The molecule has 0 aliphatic carbocycles. The lowest BCUT2D eigenvalue weighted by Crippen LogP contribution is -2.37. The first-order valence-electron chi connectivity index (χ1n) is 11.2. The van der Waals surface area contributed by atoms with E-state index in [2.05, 4.69) is 10.3 Å². The third-order valence-corrected chi connectivity index (χ3v) is 7.43.